The minimum absolute atomic E-state index is 0. The molecule has 2 saturated heterocycles. The van der Waals surface area contributed by atoms with Crippen molar-refractivity contribution < 1.29 is 0 Å². The fourth-order valence-electron chi connectivity index (χ4n) is 4.89. The quantitative estimate of drug-likeness (QED) is 0.324. The van der Waals surface area contributed by atoms with E-state index in [-0.39, 0.29) is 24.0 Å². The Hall–Kier alpha value is -1.32. The zero-order chi connectivity index (χ0) is 21.6. The number of nitrogens with one attached hydrogen (secondary N) is 1. The maximum absolute atomic E-state index is 6.33. The lowest BCUT2D eigenvalue weighted by Gasteiger charge is -2.33. The van der Waals surface area contributed by atoms with Gasteiger partial charge in [-0.15, -0.1) is 24.0 Å². The lowest BCUT2D eigenvalue weighted by Crippen LogP contribution is -2.44. The van der Waals surface area contributed by atoms with Crippen LogP contribution < -0.4 is 5.32 Å². The van der Waals surface area contributed by atoms with E-state index in [2.05, 4.69) is 43.5 Å². The van der Waals surface area contributed by atoms with Gasteiger partial charge in [-0.3, -0.25) is 14.6 Å². The summed E-state index contributed by atoms with van der Waals surface area (Å²) < 4.78 is 1.89. The molecule has 0 amide bonds. The number of hydrogen-bond donors (Lipinski definition) is 1. The van der Waals surface area contributed by atoms with Gasteiger partial charge in [0.25, 0.3) is 0 Å². The number of halogens is 2. The van der Waals surface area contributed by atoms with Crippen molar-refractivity contribution in [2.75, 3.05) is 39.8 Å². The highest BCUT2D eigenvalue weighted by Gasteiger charge is 2.26. The van der Waals surface area contributed by atoms with Crippen LogP contribution in [0.1, 0.15) is 30.4 Å². The van der Waals surface area contributed by atoms with Crippen LogP contribution in [0.4, 0.5) is 0 Å². The summed E-state index contributed by atoms with van der Waals surface area (Å²) in [7, 11) is 3.89. The van der Waals surface area contributed by atoms with Crippen molar-refractivity contribution in [1.29, 1.82) is 0 Å². The lowest BCUT2D eigenvalue weighted by atomic mass is 9.96. The van der Waals surface area contributed by atoms with Crippen LogP contribution in [0, 0.1) is 11.8 Å². The summed E-state index contributed by atoms with van der Waals surface area (Å²) >= 11 is 6.33. The van der Waals surface area contributed by atoms with Crippen molar-refractivity contribution in [1.82, 2.24) is 24.9 Å². The van der Waals surface area contributed by atoms with Gasteiger partial charge in [-0.1, -0.05) is 29.8 Å². The highest BCUT2D eigenvalue weighted by molar-refractivity contribution is 14.0. The van der Waals surface area contributed by atoms with Crippen molar-refractivity contribution in [3.63, 3.8) is 0 Å². The lowest BCUT2D eigenvalue weighted by molar-refractivity contribution is 0.177. The molecule has 6 nitrogen and oxygen atoms in total. The second-order valence-electron chi connectivity index (χ2n) is 9.07. The molecule has 8 heteroatoms. The Morgan fingerprint density at radius 2 is 1.91 bits per heavy atom. The van der Waals surface area contributed by atoms with E-state index in [1.807, 2.05) is 37.1 Å². The first-order valence-electron chi connectivity index (χ1n) is 11.5. The second-order valence-corrected chi connectivity index (χ2v) is 9.47. The summed E-state index contributed by atoms with van der Waals surface area (Å²) in [5.74, 6) is 2.44. The van der Waals surface area contributed by atoms with Gasteiger partial charge < -0.3 is 10.2 Å². The predicted molar refractivity (Wildman–Crippen MR) is 143 cm³/mol. The molecule has 1 aromatic carbocycles. The Balaban J connectivity index is 0.00000289. The van der Waals surface area contributed by atoms with Gasteiger partial charge in [0, 0.05) is 51.5 Å². The average molecular weight is 571 g/mol. The van der Waals surface area contributed by atoms with Gasteiger partial charge >= 0.3 is 0 Å². The highest BCUT2D eigenvalue weighted by atomic mass is 127. The Bertz CT molecular complexity index is 877. The number of piperidine rings is 1. The molecule has 1 unspecified atom stereocenters. The molecular weight excluding hydrogens is 535 g/mol. The first-order valence-corrected chi connectivity index (χ1v) is 11.9. The fraction of sp³-hybridized carbons (Fsp3) is 0.583. The second kappa shape index (κ2) is 12.2. The monoisotopic (exact) mass is 570 g/mol. The van der Waals surface area contributed by atoms with E-state index < -0.39 is 0 Å². The number of benzene rings is 1. The molecule has 0 spiro atoms. The maximum Gasteiger partial charge on any atom is 0.193 e. The number of aliphatic imine (C=N–C) groups is 1. The summed E-state index contributed by atoms with van der Waals surface area (Å²) in [5.41, 5.74) is 2.57. The van der Waals surface area contributed by atoms with Gasteiger partial charge in [0.05, 0.1) is 6.20 Å². The van der Waals surface area contributed by atoms with E-state index >= 15 is 0 Å². The molecule has 3 heterocycles. The molecular formula is C24H36ClIN6. The molecule has 2 fully saturated rings. The smallest absolute Gasteiger partial charge is 0.193 e. The molecule has 32 heavy (non-hydrogen) atoms. The SMILES string of the molecule is CN=C(NCC1CCN(Cc2ccccc2Cl)CC1)N1CCC(Cc2cnn(C)c2)C1.I. The number of likely N-dealkylation sites (tertiary alicyclic amines) is 2. The molecule has 2 aromatic rings. The van der Waals surface area contributed by atoms with Crippen LogP contribution >= 0.6 is 35.6 Å². The Morgan fingerprint density at radius 3 is 2.59 bits per heavy atom. The van der Waals surface area contributed by atoms with E-state index in [1.54, 1.807) is 0 Å². The molecule has 0 radical (unpaired) electrons. The molecule has 0 bridgehead atoms. The number of nitrogens with zero attached hydrogens (tertiary/aromatic N) is 5. The van der Waals surface area contributed by atoms with Crippen molar-refractivity contribution in [2.45, 2.75) is 32.2 Å². The maximum atomic E-state index is 6.33. The Morgan fingerprint density at radius 1 is 1.16 bits per heavy atom. The molecule has 176 valence electrons. The zero-order valence-corrected chi connectivity index (χ0v) is 22.3. The summed E-state index contributed by atoms with van der Waals surface area (Å²) in [6, 6.07) is 8.19. The van der Waals surface area contributed by atoms with Crippen LogP contribution in [0.5, 0.6) is 0 Å². The first-order chi connectivity index (χ1) is 15.1. The first kappa shape index (κ1) is 25.3. The van der Waals surface area contributed by atoms with Crippen LogP contribution in [0.3, 0.4) is 0 Å². The van der Waals surface area contributed by atoms with Crippen LogP contribution in [0.25, 0.3) is 0 Å². The van der Waals surface area contributed by atoms with Gasteiger partial charge in [-0.25, -0.2) is 0 Å². The number of aromatic nitrogens is 2. The topological polar surface area (TPSA) is 48.7 Å². The van der Waals surface area contributed by atoms with Gasteiger partial charge in [-0.2, -0.15) is 5.10 Å². The number of rotatable bonds is 6. The third-order valence-electron chi connectivity index (χ3n) is 6.69. The number of aryl methyl sites for hydroxylation is 1. The van der Waals surface area contributed by atoms with E-state index in [4.69, 9.17) is 11.6 Å². The van der Waals surface area contributed by atoms with Gasteiger partial charge in [-0.05, 0) is 67.8 Å². The third-order valence-corrected chi connectivity index (χ3v) is 7.06. The van der Waals surface area contributed by atoms with Crippen molar-refractivity contribution >= 4 is 41.5 Å². The zero-order valence-electron chi connectivity index (χ0n) is 19.2. The summed E-state index contributed by atoms with van der Waals surface area (Å²) in [6.45, 7) is 6.38. The summed E-state index contributed by atoms with van der Waals surface area (Å²) in [6.07, 6.45) is 8.89. The van der Waals surface area contributed by atoms with Crippen molar-refractivity contribution in [3.8, 4) is 0 Å². The van der Waals surface area contributed by atoms with Gasteiger partial charge in [0.15, 0.2) is 5.96 Å². The third kappa shape index (κ3) is 6.84. The van der Waals surface area contributed by atoms with E-state index in [0.29, 0.717) is 11.8 Å². The molecule has 1 atom stereocenters. The van der Waals surface area contributed by atoms with Crippen LogP contribution in [-0.4, -0.2) is 65.3 Å². The molecule has 2 aliphatic rings. The molecule has 1 N–H and O–H groups in total. The summed E-state index contributed by atoms with van der Waals surface area (Å²) in [5, 5.41) is 8.84. The minimum atomic E-state index is 0. The highest BCUT2D eigenvalue weighted by Crippen LogP contribution is 2.23. The van der Waals surface area contributed by atoms with Crippen molar-refractivity contribution in [2.24, 2.45) is 23.9 Å². The normalized spacial score (nSPS) is 20.4. The molecule has 4 rings (SSSR count). The fourth-order valence-corrected chi connectivity index (χ4v) is 5.08. The minimum Gasteiger partial charge on any atom is -0.356 e. The molecule has 1 aromatic heterocycles. The van der Waals surface area contributed by atoms with Gasteiger partial charge in [0.2, 0.25) is 0 Å². The van der Waals surface area contributed by atoms with E-state index in [9.17, 15) is 0 Å². The molecule has 0 aliphatic carbocycles. The standard InChI is InChI=1S/C24H35ClN6.HI/c1-26-24(31-12-9-20(17-31)13-21-15-28-29(2)16-21)27-14-19-7-10-30(11-8-19)18-22-5-3-4-6-23(22)25;/h3-6,15-16,19-20H,7-14,17-18H2,1-2H3,(H,26,27);1H. The summed E-state index contributed by atoms with van der Waals surface area (Å²) in [4.78, 5) is 9.52. The van der Waals surface area contributed by atoms with Crippen molar-refractivity contribution in [3.05, 3.63) is 52.8 Å². The number of hydrogen-bond acceptors (Lipinski definition) is 3. The average Bonchev–Trinajstić information content (AvgIpc) is 3.40. The van der Waals surface area contributed by atoms with Gasteiger partial charge in [0.1, 0.15) is 0 Å². The van der Waals surface area contributed by atoms with E-state index in [1.165, 1.54) is 30.4 Å². The Kier molecular flexibility index (Phi) is 9.67. The van der Waals surface area contributed by atoms with Crippen LogP contribution in [-0.2, 0) is 20.0 Å². The van der Waals surface area contributed by atoms with Crippen LogP contribution in [0.15, 0.2) is 41.7 Å². The largest absolute Gasteiger partial charge is 0.356 e. The number of guanidine groups is 1. The predicted octanol–water partition coefficient (Wildman–Crippen LogP) is 4.04. The Labute approximate surface area is 214 Å². The van der Waals surface area contributed by atoms with Crippen LogP contribution in [0.2, 0.25) is 5.02 Å². The van der Waals surface area contributed by atoms with E-state index in [0.717, 1.165) is 56.7 Å². The molecule has 0 saturated carbocycles. The molecule has 2 aliphatic heterocycles.